The zero-order valence-corrected chi connectivity index (χ0v) is 9.07. The third-order valence-electron chi connectivity index (χ3n) is 1.66. The van der Waals surface area contributed by atoms with Crippen molar-refractivity contribution in [3.63, 3.8) is 0 Å². The summed E-state index contributed by atoms with van der Waals surface area (Å²) < 4.78 is 5.47. The second kappa shape index (κ2) is 3.81. The van der Waals surface area contributed by atoms with Crippen molar-refractivity contribution >= 4 is 5.91 Å². The molecule has 0 heterocycles. The molecule has 0 saturated heterocycles. The van der Waals surface area contributed by atoms with Gasteiger partial charge in [0, 0.05) is 5.56 Å². The quantitative estimate of drug-likeness (QED) is 0.778. The SMILES string of the molecule is CC(C)(C)Oc1ccc(C(N)=O)cc1O. The van der Waals surface area contributed by atoms with Gasteiger partial charge in [-0.1, -0.05) is 0 Å². The van der Waals surface area contributed by atoms with E-state index in [9.17, 15) is 9.90 Å². The molecule has 4 heteroatoms. The van der Waals surface area contributed by atoms with Crippen molar-refractivity contribution < 1.29 is 14.6 Å². The Morgan fingerprint density at radius 1 is 1.40 bits per heavy atom. The molecule has 1 aromatic rings. The molecule has 1 rings (SSSR count). The maximum Gasteiger partial charge on any atom is 0.248 e. The van der Waals surface area contributed by atoms with E-state index in [1.54, 1.807) is 0 Å². The summed E-state index contributed by atoms with van der Waals surface area (Å²) in [6, 6.07) is 4.34. The molecule has 0 aliphatic rings. The average molecular weight is 209 g/mol. The Bertz CT molecular complexity index is 380. The van der Waals surface area contributed by atoms with E-state index in [-0.39, 0.29) is 11.3 Å². The third-order valence-corrected chi connectivity index (χ3v) is 1.66. The Labute approximate surface area is 88.7 Å². The highest BCUT2D eigenvalue weighted by atomic mass is 16.5. The first-order valence-corrected chi connectivity index (χ1v) is 4.61. The third kappa shape index (κ3) is 3.16. The number of ether oxygens (including phenoxy) is 1. The van der Waals surface area contributed by atoms with Crippen LogP contribution in [0, 0.1) is 0 Å². The van der Waals surface area contributed by atoms with Crippen molar-refractivity contribution in [1.29, 1.82) is 0 Å². The van der Waals surface area contributed by atoms with Crippen molar-refractivity contribution in [1.82, 2.24) is 0 Å². The number of benzene rings is 1. The maximum absolute atomic E-state index is 10.8. The van der Waals surface area contributed by atoms with Gasteiger partial charge in [-0.05, 0) is 39.0 Å². The molecule has 0 atom stereocenters. The first-order valence-electron chi connectivity index (χ1n) is 4.61. The maximum atomic E-state index is 10.8. The summed E-state index contributed by atoms with van der Waals surface area (Å²) in [6.07, 6.45) is 0. The smallest absolute Gasteiger partial charge is 0.248 e. The number of rotatable bonds is 2. The van der Waals surface area contributed by atoms with Crippen molar-refractivity contribution in [2.24, 2.45) is 5.73 Å². The molecular weight excluding hydrogens is 194 g/mol. The highest BCUT2D eigenvalue weighted by Crippen LogP contribution is 2.29. The number of amides is 1. The molecule has 4 nitrogen and oxygen atoms in total. The Morgan fingerprint density at radius 3 is 2.40 bits per heavy atom. The van der Waals surface area contributed by atoms with E-state index < -0.39 is 11.5 Å². The molecule has 0 aliphatic heterocycles. The van der Waals surface area contributed by atoms with E-state index in [0.717, 1.165) is 0 Å². The van der Waals surface area contributed by atoms with Gasteiger partial charge in [0.2, 0.25) is 5.91 Å². The Balaban J connectivity index is 2.99. The van der Waals surface area contributed by atoms with Crippen LogP contribution in [0.5, 0.6) is 11.5 Å². The van der Waals surface area contributed by atoms with Crippen LogP contribution in [-0.4, -0.2) is 16.6 Å². The molecule has 82 valence electrons. The van der Waals surface area contributed by atoms with Crippen molar-refractivity contribution in [2.45, 2.75) is 26.4 Å². The van der Waals surface area contributed by atoms with Gasteiger partial charge in [-0.3, -0.25) is 4.79 Å². The van der Waals surface area contributed by atoms with E-state index >= 15 is 0 Å². The lowest BCUT2D eigenvalue weighted by Gasteiger charge is -2.21. The lowest BCUT2D eigenvalue weighted by molar-refractivity contribution is 0.0999. The van der Waals surface area contributed by atoms with Crippen LogP contribution in [0.1, 0.15) is 31.1 Å². The highest BCUT2D eigenvalue weighted by Gasteiger charge is 2.15. The van der Waals surface area contributed by atoms with Gasteiger partial charge in [0.1, 0.15) is 5.60 Å². The van der Waals surface area contributed by atoms with E-state index in [1.807, 2.05) is 20.8 Å². The standard InChI is InChI=1S/C11H15NO3/c1-11(2,3)15-9-5-4-7(10(12)14)6-8(9)13/h4-6,13H,1-3H3,(H2,12,14). The zero-order valence-electron chi connectivity index (χ0n) is 9.07. The van der Waals surface area contributed by atoms with Crippen molar-refractivity contribution in [2.75, 3.05) is 0 Å². The van der Waals surface area contributed by atoms with Crippen LogP contribution in [0.2, 0.25) is 0 Å². The van der Waals surface area contributed by atoms with E-state index in [2.05, 4.69) is 0 Å². The lowest BCUT2D eigenvalue weighted by Crippen LogP contribution is -2.23. The monoisotopic (exact) mass is 209 g/mol. The van der Waals surface area contributed by atoms with Crippen LogP contribution in [-0.2, 0) is 0 Å². The summed E-state index contributed by atoms with van der Waals surface area (Å²) in [4.78, 5) is 10.8. The number of nitrogens with two attached hydrogens (primary N) is 1. The minimum absolute atomic E-state index is 0.0822. The number of phenols is 1. The highest BCUT2D eigenvalue weighted by molar-refractivity contribution is 5.93. The Morgan fingerprint density at radius 2 is 2.00 bits per heavy atom. The van der Waals surface area contributed by atoms with Gasteiger partial charge in [-0.15, -0.1) is 0 Å². The van der Waals surface area contributed by atoms with Gasteiger partial charge >= 0.3 is 0 Å². The molecule has 0 fully saturated rings. The molecule has 0 aromatic heterocycles. The van der Waals surface area contributed by atoms with Crippen LogP contribution in [0.4, 0.5) is 0 Å². The summed E-state index contributed by atoms with van der Waals surface area (Å²) in [5.74, 6) is -0.318. The molecule has 0 saturated carbocycles. The topological polar surface area (TPSA) is 72.5 Å². The lowest BCUT2D eigenvalue weighted by atomic mass is 10.1. The predicted octanol–water partition coefficient (Wildman–Crippen LogP) is 1.67. The number of hydrogen-bond acceptors (Lipinski definition) is 3. The molecule has 0 spiro atoms. The number of aromatic hydroxyl groups is 1. The molecule has 1 aromatic carbocycles. The molecule has 0 aliphatic carbocycles. The van der Waals surface area contributed by atoms with Crippen LogP contribution in [0.15, 0.2) is 18.2 Å². The number of carbonyl (C=O) groups is 1. The largest absolute Gasteiger partial charge is 0.504 e. The summed E-state index contributed by atoms with van der Waals surface area (Å²) >= 11 is 0. The van der Waals surface area contributed by atoms with E-state index in [4.69, 9.17) is 10.5 Å². The van der Waals surface area contributed by atoms with Gasteiger partial charge in [0.05, 0.1) is 0 Å². The molecule has 1 amide bonds. The second-order valence-electron chi connectivity index (χ2n) is 4.26. The summed E-state index contributed by atoms with van der Waals surface area (Å²) in [6.45, 7) is 5.61. The molecule has 3 N–H and O–H groups in total. The molecule has 15 heavy (non-hydrogen) atoms. The van der Waals surface area contributed by atoms with Gasteiger partial charge in [-0.2, -0.15) is 0 Å². The van der Waals surface area contributed by atoms with E-state index in [0.29, 0.717) is 5.75 Å². The van der Waals surface area contributed by atoms with Crippen LogP contribution in [0.3, 0.4) is 0 Å². The minimum Gasteiger partial charge on any atom is -0.504 e. The first-order chi connectivity index (χ1) is 6.79. The summed E-state index contributed by atoms with van der Waals surface area (Å²) in [5, 5.41) is 9.57. The summed E-state index contributed by atoms with van der Waals surface area (Å²) in [5.41, 5.74) is 4.93. The number of primary amides is 1. The molecule has 0 unspecified atom stereocenters. The normalized spacial score (nSPS) is 11.1. The Hall–Kier alpha value is -1.71. The first kappa shape index (κ1) is 11.4. The van der Waals surface area contributed by atoms with Crippen LogP contribution >= 0.6 is 0 Å². The molecule has 0 bridgehead atoms. The van der Waals surface area contributed by atoms with Crippen LogP contribution in [0.25, 0.3) is 0 Å². The number of hydrogen-bond donors (Lipinski definition) is 2. The number of phenolic OH excluding ortho intramolecular Hbond substituents is 1. The second-order valence-corrected chi connectivity index (χ2v) is 4.26. The average Bonchev–Trinajstić information content (AvgIpc) is 2.05. The van der Waals surface area contributed by atoms with E-state index in [1.165, 1.54) is 18.2 Å². The minimum atomic E-state index is -0.576. The fraction of sp³-hybridized carbons (Fsp3) is 0.364. The van der Waals surface area contributed by atoms with Gasteiger partial charge in [0.25, 0.3) is 0 Å². The fourth-order valence-electron chi connectivity index (χ4n) is 1.09. The predicted molar refractivity (Wildman–Crippen MR) is 57.0 cm³/mol. The Kier molecular flexibility index (Phi) is 2.88. The molecular formula is C11H15NO3. The van der Waals surface area contributed by atoms with Crippen LogP contribution < -0.4 is 10.5 Å². The zero-order chi connectivity index (χ0) is 11.6. The summed E-state index contributed by atoms with van der Waals surface area (Å²) in [7, 11) is 0. The number of carbonyl (C=O) groups excluding carboxylic acids is 1. The van der Waals surface area contributed by atoms with Crippen molar-refractivity contribution in [3.8, 4) is 11.5 Å². The molecule has 0 radical (unpaired) electrons. The van der Waals surface area contributed by atoms with Gasteiger partial charge in [0.15, 0.2) is 11.5 Å². The van der Waals surface area contributed by atoms with Gasteiger partial charge < -0.3 is 15.6 Å². The van der Waals surface area contributed by atoms with Gasteiger partial charge in [-0.25, -0.2) is 0 Å². The fourth-order valence-corrected chi connectivity index (χ4v) is 1.09. The van der Waals surface area contributed by atoms with Crippen molar-refractivity contribution in [3.05, 3.63) is 23.8 Å².